The van der Waals surface area contributed by atoms with Crippen LogP contribution in [0.4, 0.5) is 0 Å². The highest BCUT2D eigenvalue weighted by Gasteiger charge is 2.44. The summed E-state index contributed by atoms with van der Waals surface area (Å²) in [6.45, 7) is 3.81. The molecule has 0 atom stereocenters. The third kappa shape index (κ3) is 4.81. The van der Waals surface area contributed by atoms with Gasteiger partial charge in [0, 0.05) is 17.0 Å². The summed E-state index contributed by atoms with van der Waals surface area (Å²) in [5.74, 6) is 0.557. The molecule has 1 aliphatic rings. The third-order valence-corrected chi connectivity index (χ3v) is 3.91. The Bertz CT molecular complexity index is 458. The van der Waals surface area contributed by atoms with Gasteiger partial charge in [-0.05, 0) is 37.0 Å². The van der Waals surface area contributed by atoms with Crippen LogP contribution in [0.5, 0.6) is 0 Å². The quantitative estimate of drug-likeness (QED) is 0.327. The zero-order valence-corrected chi connectivity index (χ0v) is 14.9. The highest BCUT2D eigenvalue weighted by molar-refractivity contribution is 14.0. The first-order valence-electron chi connectivity index (χ1n) is 6.96. The number of guanidine groups is 1. The van der Waals surface area contributed by atoms with Gasteiger partial charge in [0.1, 0.15) is 0 Å². The van der Waals surface area contributed by atoms with Crippen LogP contribution in [0.2, 0.25) is 5.02 Å². The molecule has 20 heavy (non-hydrogen) atoms. The molecule has 1 saturated carbocycles. The van der Waals surface area contributed by atoms with Gasteiger partial charge in [0.25, 0.3) is 0 Å². The molecule has 0 amide bonds. The van der Waals surface area contributed by atoms with E-state index in [1.165, 1.54) is 18.4 Å². The van der Waals surface area contributed by atoms with Gasteiger partial charge < -0.3 is 11.1 Å². The van der Waals surface area contributed by atoms with E-state index in [0.29, 0.717) is 5.96 Å². The Morgan fingerprint density at radius 1 is 1.45 bits per heavy atom. The number of hydrogen-bond donors (Lipinski definition) is 2. The topological polar surface area (TPSA) is 50.4 Å². The average molecular weight is 408 g/mol. The molecular formula is C15H23ClIN3. The Morgan fingerprint density at radius 3 is 2.80 bits per heavy atom. The van der Waals surface area contributed by atoms with Gasteiger partial charge in [0.05, 0.1) is 6.54 Å². The minimum absolute atomic E-state index is 0. The lowest BCUT2D eigenvalue weighted by molar-refractivity contribution is 0.694. The second-order valence-corrected chi connectivity index (χ2v) is 5.71. The Balaban J connectivity index is 0.00000200. The molecule has 2 rings (SSSR count). The van der Waals surface area contributed by atoms with Gasteiger partial charge in [-0.15, -0.1) is 24.0 Å². The zero-order valence-electron chi connectivity index (χ0n) is 11.9. The molecule has 3 nitrogen and oxygen atoms in total. The van der Waals surface area contributed by atoms with E-state index in [1.54, 1.807) is 0 Å². The lowest BCUT2D eigenvalue weighted by Gasteiger charge is -2.14. The fourth-order valence-electron chi connectivity index (χ4n) is 2.19. The van der Waals surface area contributed by atoms with Crippen LogP contribution in [0.15, 0.2) is 29.3 Å². The van der Waals surface area contributed by atoms with Crippen molar-refractivity contribution in [2.24, 2.45) is 10.7 Å². The number of nitrogens with zero attached hydrogens (tertiary/aromatic N) is 1. The summed E-state index contributed by atoms with van der Waals surface area (Å²) in [4.78, 5) is 4.48. The van der Waals surface area contributed by atoms with E-state index < -0.39 is 0 Å². The highest BCUT2D eigenvalue weighted by atomic mass is 127. The van der Waals surface area contributed by atoms with Crippen molar-refractivity contribution in [1.29, 1.82) is 0 Å². The van der Waals surface area contributed by atoms with Gasteiger partial charge >= 0.3 is 0 Å². The summed E-state index contributed by atoms with van der Waals surface area (Å²) in [7, 11) is 0. The Hall–Kier alpha value is -0.490. The molecule has 0 heterocycles. The summed E-state index contributed by atoms with van der Waals surface area (Å²) < 4.78 is 0. The second kappa shape index (κ2) is 8.08. The van der Waals surface area contributed by atoms with Crippen LogP contribution in [0.25, 0.3) is 0 Å². The van der Waals surface area contributed by atoms with Crippen LogP contribution >= 0.6 is 35.6 Å². The number of aliphatic imine (C=N–C) groups is 1. The van der Waals surface area contributed by atoms with E-state index in [2.05, 4.69) is 23.3 Å². The molecule has 1 aromatic rings. The van der Waals surface area contributed by atoms with Crippen molar-refractivity contribution < 1.29 is 0 Å². The first-order chi connectivity index (χ1) is 9.16. The maximum absolute atomic E-state index is 6.05. The van der Waals surface area contributed by atoms with Crippen molar-refractivity contribution in [3.63, 3.8) is 0 Å². The van der Waals surface area contributed by atoms with E-state index in [4.69, 9.17) is 17.3 Å². The molecule has 0 radical (unpaired) electrons. The summed E-state index contributed by atoms with van der Waals surface area (Å²) in [5, 5.41) is 3.94. The number of hydrogen-bond acceptors (Lipinski definition) is 1. The number of halogens is 2. The first kappa shape index (κ1) is 17.6. The standard InChI is InChI=1S/C15H22ClN3.HI/c1-2-3-9-18-14(17)19-11-15(7-8-15)12-5-4-6-13(16)10-12;/h4-6,10H,2-3,7-9,11H2,1H3,(H3,17,18,19);1H. The molecule has 0 bridgehead atoms. The Labute approximate surface area is 143 Å². The van der Waals surface area contributed by atoms with E-state index in [-0.39, 0.29) is 29.4 Å². The zero-order chi connectivity index (χ0) is 13.7. The molecule has 0 saturated heterocycles. The van der Waals surface area contributed by atoms with E-state index >= 15 is 0 Å². The van der Waals surface area contributed by atoms with Crippen LogP contribution in [0.3, 0.4) is 0 Å². The van der Waals surface area contributed by atoms with Gasteiger partial charge in [0.2, 0.25) is 0 Å². The molecule has 1 aliphatic carbocycles. The van der Waals surface area contributed by atoms with Gasteiger partial charge in [-0.25, -0.2) is 0 Å². The van der Waals surface area contributed by atoms with E-state index in [0.717, 1.165) is 31.0 Å². The van der Waals surface area contributed by atoms with Crippen LogP contribution < -0.4 is 11.1 Å². The van der Waals surface area contributed by atoms with Crippen molar-refractivity contribution in [3.05, 3.63) is 34.9 Å². The Morgan fingerprint density at radius 2 is 2.20 bits per heavy atom. The molecule has 0 spiro atoms. The number of nitrogens with two attached hydrogens (primary N) is 1. The van der Waals surface area contributed by atoms with E-state index in [1.807, 2.05) is 18.2 Å². The van der Waals surface area contributed by atoms with Crippen LogP contribution in [0, 0.1) is 0 Å². The predicted octanol–water partition coefficient (Wildman–Crippen LogP) is 3.69. The largest absolute Gasteiger partial charge is 0.370 e. The van der Waals surface area contributed by atoms with Crippen molar-refractivity contribution in [2.75, 3.05) is 13.1 Å². The predicted molar refractivity (Wildman–Crippen MR) is 97.2 cm³/mol. The monoisotopic (exact) mass is 407 g/mol. The molecule has 0 aliphatic heterocycles. The summed E-state index contributed by atoms with van der Waals surface area (Å²) in [5.41, 5.74) is 7.32. The van der Waals surface area contributed by atoms with Crippen molar-refractivity contribution in [1.82, 2.24) is 5.32 Å². The van der Waals surface area contributed by atoms with Gasteiger partial charge in [0.15, 0.2) is 5.96 Å². The maximum atomic E-state index is 6.05. The van der Waals surface area contributed by atoms with Crippen molar-refractivity contribution >= 4 is 41.5 Å². The summed E-state index contributed by atoms with van der Waals surface area (Å²) >= 11 is 6.05. The molecule has 112 valence electrons. The second-order valence-electron chi connectivity index (χ2n) is 5.27. The normalized spacial score (nSPS) is 16.4. The van der Waals surface area contributed by atoms with Crippen LogP contribution in [0.1, 0.15) is 38.2 Å². The van der Waals surface area contributed by atoms with Crippen molar-refractivity contribution in [2.45, 2.75) is 38.0 Å². The van der Waals surface area contributed by atoms with Crippen molar-refractivity contribution in [3.8, 4) is 0 Å². The molecule has 1 aromatic carbocycles. The number of unbranched alkanes of at least 4 members (excludes halogenated alkanes) is 1. The smallest absolute Gasteiger partial charge is 0.188 e. The van der Waals surface area contributed by atoms with Crippen LogP contribution in [-0.2, 0) is 5.41 Å². The third-order valence-electron chi connectivity index (χ3n) is 3.68. The lowest BCUT2D eigenvalue weighted by atomic mass is 9.96. The van der Waals surface area contributed by atoms with Crippen LogP contribution in [-0.4, -0.2) is 19.0 Å². The molecule has 0 unspecified atom stereocenters. The fraction of sp³-hybridized carbons (Fsp3) is 0.533. The molecule has 0 aromatic heterocycles. The van der Waals surface area contributed by atoms with E-state index in [9.17, 15) is 0 Å². The van der Waals surface area contributed by atoms with Gasteiger partial charge in [-0.2, -0.15) is 0 Å². The summed E-state index contributed by atoms with van der Waals surface area (Å²) in [6.07, 6.45) is 4.61. The van der Waals surface area contributed by atoms with Gasteiger partial charge in [-0.1, -0.05) is 37.1 Å². The number of rotatable bonds is 6. The molecule has 1 fully saturated rings. The SMILES string of the molecule is CCCCNC(N)=NCC1(c2cccc(Cl)c2)CC1.I. The average Bonchev–Trinajstić information content (AvgIpc) is 3.18. The number of nitrogens with one attached hydrogen (secondary N) is 1. The number of benzene rings is 1. The summed E-state index contributed by atoms with van der Waals surface area (Å²) in [6, 6.07) is 8.09. The van der Waals surface area contributed by atoms with Gasteiger partial charge in [-0.3, -0.25) is 4.99 Å². The minimum atomic E-state index is 0. The highest BCUT2D eigenvalue weighted by Crippen LogP contribution is 2.48. The maximum Gasteiger partial charge on any atom is 0.188 e. The minimum Gasteiger partial charge on any atom is -0.370 e. The first-order valence-corrected chi connectivity index (χ1v) is 7.34. The fourth-order valence-corrected chi connectivity index (χ4v) is 2.38. The lowest BCUT2D eigenvalue weighted by Crippen LogP contribution is -2.33. The molecule has 5 heteroatoms. The Kier molecular flexibility index (Phi) is 7.09. The molecule has 3 N–H and O–H groups in total. The molecular weight excluding hydrogens is 385 g/mol.